The van der Waals surface area contributed by atoms with Crippen LogP contribution in [0.3, 0.4) is 0 Å². The Hall–Kier alpha value is -2.60. The van der Waals surface area contributed by atoms with E-state index < -0.39 is 0 Å². The molecule has 0 saturated carbocycles. The Morgan fingerprint density at radius 2 is 1.87 bits per heavy atom. The summed E-state index contributed by atoms with van der Waals surface area (Å²) in [6.07, 6.45) is 3.15. The number of guanidine groups is 1. The maximum Gasteiger partial charge on any atom is 0.191 e. The van der Waals surface area contributed by atoms with Crippen LogP contribution in [0.1, 0.15) is 44.4 Å². The van der Waals surface area contributed by atoms with Crippen molar-refractivity contribution in [3.05, 3.63) is 59.3 Å². The van der Waals surface area contributed by atoms with Crippen molar-refractivity contribution in [2.24, 2.45) is 4.99 Å². The average Bonchev–Trinajstić information content (AvgIpc) is 2.76. The summed E-state index contributed by atoms with van der Waals surface area (Å²) in [5.74, 6) is 1.82. The first-order valence-corrected chi connectivity index (χ1v) is 11.2. The van der Waals surface area contributed by atoms with E-state index in [0.29, 0.717) is 6.54 Å². The highest BCUT2D eigenvalue weighted by Crippen LogP contribution is 2.22. The molecule has 2 heterocycles. The normalized spacial score (nSPS) is 17.5. The molecule has 6 nitrogen and oxygen atoms in total. The van der Waals surface area contributed by atoms with Gasteiger partial charge in [-0.05, 0) is 41.5 Å². The van der Waals surface area contributed by atoms with Crippen LogP contribution in [0.2, 0.25) is 0 Å². The lowest BCUT2D eigenvalue weighted by Crippen LogP contribution is -2.41. The van der Waals surface area contributed by atoms with Crippen molar-refractivity contribution in [2.45, 2.75) is 52.2 Å². The highest BCUT2D eigenvalue weighted by molar-refractivity contribution is 5.79. The average molecular weight is 424 g/mol. The standard InChI is InChI=1S/C25H37N5O/c1-19-18-30(14-15-31-19)23-11-8-21(16-28-23)17-29-24(26-5)27-13-12-20-6-9-22(10-7-20)25(2,3)4/h6-11,16,19H,12-15,17-18H2,1-5H3,(H2,26,27,29). The monoisotopic (exact) mass is 423 g/mol. The largest absolute Gasteiger partial charge is 0.375 e. The van der Waals surface area contributed by atoms with Crippen LogP contribution < -0.4 is 15.5 Å². The number of rotatable bonds is 6. The molecule has 0 spiro atoms. The predicted molar refractivity (Wildman–Crippen MR) is 129 cm³/mol. The molecule has 0 bridgehead atoms. The van der Waals surface area contributed by atoms with Crippen molar-refractivity contribution in [2.75, 3.05) is 38.2 Å². The van der Waals surface area contributed by atoms with Gasteiger partial charge in [0, 0.05) is 39.4 Å². The molecule has 0 radical (unpaired) electrons. The van der Waals surface area contributed by atoms with E-state index in [0.717, 1.165) is 50.0 Å². The molecule has 2 N–H and O–H groups in total. The maximum atomic E-state index is 5.61. The first kappa shape index (κ1) is 23.1. The fraction of sp³-hybridized carbons (Fsp3) is 0.520. The number of ether oxygens (including phenoxy) is 1. The van der Waals surface area contributed by atoms with Crippen LogP contribution in [0.25, 0.3) is 0 Å². The number of nitrogens with one attached hydrogen (secondary N) is 2. The second kappa shape index (κ2) is 10.6. The zero-order valence-electron chi connectivity index (χ0n) is 19.6. The molecule has 3 rings (SSSR count). The Labute approximate surface area is 187 Å². The van der Waals surface area contributed by atoms with Gasteiger partial charge in [0.25, 0.3) is 0 Å². The third kappa shape index (κ3) is 6.96. The van der Waals surface area contributed by atoms with Gasteiger partial charge >= 0.3 is 0 Å². The van der Waals surface area contributed by atoms with Gasteiger partial charge < -0.3 is 20.3 Å². The van der Waals surface area contributed by atoms with Gasteiger partial charge in [0.15, 0.2) is 5.96 Å². The summed E-state index contributed by atoms with van der Waals surface area (Å²) < 4.78 is 5.61. The molecule has 1 aliphatic heterocycles. The summed E-state index contributed by atoms with van der Waals surface area (Å²) in [7, 11) is 1.80. The van der Waals surface area contributed by atoms with Crippen LogP contribution in [0.15, 0.2) is 47.6 Å². The molecule has 168 valence electrons. The Bertz CT molecular complexity index is 840. The molecule has 1 atom stereocenters. The molecule has 1 aromatic heterocycles. The van der Waals surface area contributed by atoms with E-state index in [4.69, 9.17) is 4.74 Å². The molecular formula is C25H37N5O. The van der Waals surface area contributed by atoms with Gasteiger partial charge in [-0.2, -0.15) is 0 Å². The minimum atomic E-state index is 0.191. The summed E-state index contributed by atoms with van der Waals surface area (Å²) >= 11 is 0. The van der Waals surface area contributed by atoms with Gasteiger partial charge in [0.05, 0.1) is 12.7 Å². The summed E-state index contributed by atoms with van der Waals surface area (Å²) in [4.78, 5) is 11.2. The zero-order chi connectivity index (χ0) is 22.3. The summed E-state index contributed by atoms with van der Waals surface area (Å²) in [5.41, 5.74) is 4.01. The van der Waals surface area contributed by atoms with E-state index in [-0.39, 0.29) is 11.5 Å². The van der Waals surface area contributed by atoms with E-state index in [1.165, 1.54) is 11.1 Å². The molecule has 0 aliphatic carbocycles. The molecule has 1 unspecified atom stereocenters. The smallest absolute Gasteiger partial charge is 0.191 e. The van der Waals surface area contributed by atoms with E-state index in [2.05, 4.69) is 89.6 Å². The van der Waals surface area contributed by atoms with E-state index in [1.807, 2.05) is 6.20 Å². The first-order chi connectivity index (χ1) is 14.8. The van der Waals surface area contributed by atoms with Gasteiger partial charge in [-0.25, -0.2) is 4.98 Å². The lowest BCUT2D eigenvalue weighted by atomic mass is 9.86. The number of anilines is 1. The van der Waals surface area contributed by atoms with Gasteiger partial charge in [-0.15, -0.1) is 0 Å². The van der Waals surface area contributed by atoms with Crippen LogP contribution in [-0.4, -0.2) is 50.3 Å². The van der Waals surface area contributed by atoms with E-state index in [1.54, 1.807) is 7.05 Å². The van der Waals surface area contributed by atoms with Crippen LogP contribution >= 0.6 is 0 Å². The van der Waals surface area contributed by atoms with Crippen LogP contribution in [-0.2, 0) is 23.1 Å². The predicted octanol–water partition coefficient (Wildman–Crippen LogP) is 3.51. The highest BCUT2D eigenvalue weighted by atomic mass is 16.5. The Kier molecular flexibility index (Phi) is 7.91. The lowest BCUT2D eigenvalue weighted by Gasteiger charge is -2.32. The molecule has 1 aliphatic rings. The third-order valence-electron chi connectivity index (χ3n) is 5.58. The summed E-state index contributed by atoms with van der Waals surface area (Å²) in [5, 5.41) is 6.77. The molecule has 31 heavy (non-hydrogen) atoms. The number of nitrogens with zero attached hydrogens (tertiary/aromatic N) is 3. The SMILES string of the molecule is CN=C(NCCc1ccc(C(C)(C)C)cc1)NCc1ccc(N2CCOC(C)C2)nc1. The minimum absolute atomic E-state index is 0.191. The summed E-state index contributed by atoms with van der Waals surface area (Å²) in [6, 6.07) is 13.1. The number of aliphatic imine (C=N–C) groups is 1. The van der Waals surface area contributed by atoms with E-state index in [9.17, 15) is 0 Å². The molecular weight excluding hydrogens is 386 g/mol. The van der Waals surface area contributed by atoms with Gasteiger partial charge in [0.1, 0.15) is 5.82 Å². The number of pyridine rings is 1. The third-order valence-corrected chi connectivity index (χ3v) is 5.58. The number of hydrogen-bond acceptors (Lipinski definition) is 4. The second-order valence-corrected chi connectivity index (χ2v) is 9.20. The van der Waals surface area contributed by atoms with Crippen molar-refractivity contribution in [3.8, 4) is 0 Å². The molecule has 1 aromatic carbocycles. The lowest BCUT2D eigenvalue weighted by molar-refractivity contribution is 0.0529. The van der Waals surface area contributed by atoms with Gasteiger partial charge in [0.2, 0.25) is 0 Å². The number of morpholine rings is 1. The van der Waals surface area contributed by atoms with Crippen LogP contribution in [0.5, 0.6) is 0 Å². The second-order valence-electron chi connectivity index (χ2n) is 9.20. The minimum Gasteiger partial charge on any atom is -0.375 e. The topological polar surface area (TPSA) is 61.8 Å². The zero-order valence-corrected chi connectivity index (χ0v) is 19.6. The molecule has 1 fully saturated rings. The quantitative estimate of drug-likeness (QED) is 0.550. The Morgan fingerprint density at radius 3 is 2.48 bits per heavy atom. The van der Waals surface area contributed by atoms with Crippen molar-refractivity contribution >= 4 is 11.8 Å². The van der Waals surface area contributed by atoms with Crippen molar-refractivity contribution < 1.29 is 4.74 Å². The maximum absolute atomic E-state index is 5.61. The highest BCUT2D eigenvalue weighted by Gasteiger charge is 2.17. The Balaban J connectivity index is 1.43. The van der Waals surface area contributed by atoms with Crippen molar-refractivity contribution in [1.82, 2.24) is 15.6 Å². The fourth-order valence-electron chi connectivity index (χ4n) is 3.64. The van der Waals surface area contributed by atoms with Gasteiger partial charge in [-0.3, -0.25) is 4.99 Å². The molecule has 0 amide bonds. The Morgan fingerprint density at radius 1 is 1.13 bits per heavy atom. The fourth-order valence-corrected chi connectivity index (χ4v) is 3.64. The molecule has 2 aromatic rings. The first-order valence-electron chi connectivity index (χ1n) is 11.2. The number of benzene rings is 1. The number of aromatic nitrogens is 1. The van der Waals surface area contributed by atoms with Crippen molar-refractivity contribution in [3.63, 3.8) is 0 Å². The molecule has 1 saturated heterocycles. The number of hydrogen-bond donors (Lipinski definition) is 2. The summed E-state index contributed by atoms with van der Waals surface area (Å²) in [6.45, 7) is 12.9. The van der Waals surface area contributed by atoms with Gasteiger partial charge in [-0.1, -0.05) is 51.1 Å². The van der Waals surface area contributed by atoms with Crippen molar-refractivity contribution in [1.29, 1.82) is 0 Å². The van der Waals surface area contributed by atoms with Crippen LogP contribution in [0, 0.1) is 0 Å². The van der Waals surface area contributed by atoms with E-state index >= 15 is 0 Å². The van der Waals surface area contributed by atoms with Crippen LogP contribution in [0.4, 0.5) is 5.82 Å². The molecule has 6 heteroatoms.